The van der Waals surface area contributed by atoms with E-state index < -0.39 is 12.1 Å². The van der Waals surface area contributed by atoms with Crippen LogP contribution in [0, 0.1) is 0 Å². The maximum Gasteiger partial charge on any atom is 0.319 e. The lowest BCUT2D eigenvalue weighted by Gasteiger charge is -2.15. The van der Waals surface area contributed by atoms with Crippen LogP contribution in [0.4, 0.5) is 10.5 Å². The van der Waals surface area contributed by atoms with Gasteiger partial charge in [-0.15, -0.1) is 0 Å². The third kappa shape index (κ3) is 3.82. The van der Waals surface area contributed by atoms with Crippen molar-refractivity contribution in [3.63, 3.8) is 0 Å². The monoisotopic (exact) mass is 315 g/mol. The second kappa shape index (κ2) is 6.86. The summed E-state index contributed by atoms with van der Waals surface area (Å²) in [6.07, 6.45) is 6.94. The molecule has 3 amide bonds. The molecule has 9 nitrogen and oxygen atoms in total. The summed E-state index contributed by atoms with van der Waals surface area (Å²) in [6, 6.07) is 2.49. The number of nitrogens with one attached hydrogen (secondary N) is 3. The Kier molecular flexibility index (Phi) is 4.46. The van der Waals surface area contributed by atoms with Crippen LogP contribution in [0.3, 0.4) is 0 Å². The molecule has 1 atom stereocenters. The third-order valence-electron chi connectivity index (χ3n) is 3.50. The predicted octanol–water partition coefficient (Wildman–Crippen LogP) is 0.452. The van der Waals surface area contributed by atoms with Crippen molar-refractivity contribution in [3.05, 3.63) is 31.0 Å². The van der Waals surface area contributed by atoms with Gasteiger partial charge in [-0.2, -0.15) is 5.10 Å². The highest BCUT2D eigenvalue weighted by Crippen LogP contribution is 2.09. The van der Waals surface area contributed by atoms with Gasteiger partial charge in [-0.25, -0.2) is 19.4 Å². The van der Waals surface area contributed by atoms with Crippen molar-refractivity contribution >= 4 is 17.6 Å². The van der Waals surface area contributed by atoms with E-state index in [2.05, 4.69) is 31.0 Å². The van der Waals surface area contributed by atoms with Gasteiger partial charge < -0.3 is 16.0 Å². The number of urea groups is 1. The Morgan fingerprint density at radius 1 is 1.35 bits per heavy atom. The van der Waals surface area contributed by atoms with Crippen LogP contribution in [-0.4, -0.2) is 44.3 Å². The highest BCUT2D eigenvalue weighted by molar-refractivity contribution is 5.93. The topological polar surface area (TPSA) is 114 Å². The average Bonchev–Trinajstić information content (AvgIpc) is 3.01. The van der Waals surface area contributed by atoms with Crippen molar-refractivity contribution in [2.45, 2.75) is 25.3 Å². The molecular weight excluding hydrogens is 298 g/mol. The van der Waals surface area contributed by atoms with Crippen molar-refractivity contribution in [1.82, 2.24) is 30.4 Å². The molecule has 0 bridgehead atoms. The maximum atomic E-state index is 12.0. The maximum absolute atomic E-state index is 12.0. The number of hydrogen-bond donors (Lipinski definition) is 3. The second-order valence-corrected chi connectivity index (χ2v) is 5.18. The van der Waals surface area contributed by atoms with Crippen LogP contribution in [0.25, 0.3) is 5.82 Å². The molecule has 3 rings (SSSR count). The Morgan fingerprint density at radius 3 is 3.00 bits per heavy atom. The van der Waals surface area contributed by atoms with Gasteiger partial charge in [0.25, 0.3) is 0 Å². The molecule has 1 aliphatic heterocycles. The van der Waals surface area contributed by atoms with E-state index in [0.717, 1.165) is 12.8 Å². The van der Waals surface area contributed by atoms with Gasteiger partial charge in [-0.05, 0) is 31.4 Å². The first-order valence-electron chi connectivity index (χ1n) is 7.38. The molecule has 0 aromatic carbocycles. The highest BCUT2D eigenvalue weighted by Gasteiger charge is 2.22. The van der Waals surface area contributed by atoms with Gasteiger partial charge >= 0.3 is 6.03 Å². The quantitative estimate of drug-likeness (QED) is 0.761. The van der Waals surface area contributed by atoms with Crippen LogP contribution in [-0.2, 0) is 4.79 Å². The molecule has 1 saturated heterocycles. The zero-order valence-electron chi connectivity index (χ0n) is 12.4. The molecule has 9 heteroatoms. The lowest BCUT2D eigenvalue weighted by molar-refractivity contribution is -0.122. The van der Waals surface area contributed by atoms with E-state index in [0.29, 0.717) is 24.5 Å². The van der Waals surface area contributed by atoms with Gasteiger partial charge in [0.1, 0.15) is 18.7 Å². The number of amides is 3. The molecular formula is C14H17N7O2. The molecule has 3 heterocycles. The van der Waals surface area contributed by atoms with E-state index in [4.69, 9.17) is 0 Å². The Labute approximate surface area is 132 Å². The SMILES string of the molecule is O=C(Nc1ccc(-n2cncn2)nc1)N[C@H]1CCCCNC1=O. The summed E-state index contributed by atoms with van der Waals surface area (Å²) in [5.41, 5.74) is 0.528. The van der Waals surface area contributed by atoms with Crippen molar-refractivity contribution in [3.8, 4) is 5.82 Å². The first-order valence-corrected chi connectivity index (χ1v) is 7.38. The van der Waals surface area contributed by atoms with Gasteiger partial charge in [-0.1, -0.05) is 0 Å². The molecule has 2 aromatic heterocycles. The summed E-state index contributed by atoms with van der Waals surface area (Å²) in [6.45, 7) is 0.659. The first-order chi connectivity index (χ1) is 11.2. The van der Waals surface area contributed by atoms with Gasteiger partial charge in [0.2, 0.25) is 5.91 Å². The van der Waals surface area contributed by atoms with Gasteiger partial charge in [0.15, 0.2) is 5.82 Å². The number of pyridine rings is 1. The molecule has 1 fully saturated rings. The molecule has 0 spiro atoms. The zero-order chi connectivity index (χ0) is 16.1. The van der Waals surface area contributed by atoms with E-state index in [1.807, 2.05) is 0 Å². The minimum absolute atomic E-state index is 0.141. The predicted molar refractivity (Wildman–Crippen MR) is 82.0 cm³/mol. The number of nitrogens with zero attached hydrogens (tertiary/aromatic N) is 4. The van der Waals surface area contributed by atoms with Crippen molar-refractivity contribution in [2.24, 2.45) is 0 Å². The van der Waals surface area contributed by atoms with Crippen LogP contribution in [0.2, 0.25) is 0 Å². The highest BCUT2D eigenvalue weighted by atomic mass is 16.2. The van der Waals surface area contributed by atoms with E-state index in [1.165, 1.54) is 23.5 Å². The van der Waals surface area contributed by atoms with Crippen LogP contribution >= 0.6 is 0 Å². The summed E-state index contributed by atoms with van der Waals surface area (Å²) < 4.78 is 1.51. The normalized spacial score (nSPS) is 17.9. The van der Waals surface area contributed by atoms with Crippen LogP contribution in [0.5, 0.6) is 0 Å². The summed E-state index contributed by atoms with van der Waals surface area (Å²) in [5, 5.41) is 12.1. The average molecular weight is 315 g/mol. The molecule has 2 aromatic rings. The van der Waals surface area contributed by atoms with Crippen molar-refractivity contribution in [1.29, 1.82) is 0 Å². The van der Waals surface area contributed by atoms with E-state index in [-0.39, 0.29) is 5.91 Å². The second-order valence-electron chi connectivity index (χ2n) is 5.18. The van der Waals surface area contributed by atoms with Gasteiger partial charge in [0, 0.05) is 6.54 Å². The zero-order valence-corrected chi connectivity index (χ0v) is 12.4. The smallest absolute Gasteiger partial charge is 0.319 e. The summed E-state index contributed by atoms with van der Waals surface area (Å²) in [7, 11) is 0. The molecule has 1 aliphatic rings. The standard InChI is InChI=1S/C14H17N7O2/c22-13-11(3-1-2-6-16-13)20-14(23)19-10-4-5-12(17-7-10)21-9-15-8-18-21/h4-5,7-9,11H,1-3,6H2,(H,16,22)(H2,19,20,23)/t11-/m0/s1. The van der Waals surface area contributed by atoms with E-state index in [1.54, 1.807) is 12.1 Å². The largest absolute Gasteiger partial charge is 0.354 e. The molecule has 0 unspecified atom stereocenters. The molecule has 0 saturated carbocycles. The number of aromatic nitrogens is 4. The fraction of sp³-hybridized carbons (Fsp3) is 0.357. The van der Waals surface area contributed by atoms with E-state index in [9.17, 15) is 9.59 Å². The summed E-state index contributed by atoms with van der Waals surface area (Å²) in [5.74, 6) is 0.453. The Balaban J connectivity index is 1.58. The van der Waals surface area contributed by atoms with Crippen LogP contribution in [0.1, 0.15) is 19.3 Å². The van der Waals surface area contributed by atoms with Crippen LogP contribution < -0.4 is 16.0 Å². The number of anilines is 1. The summed E-state index contributed by atoms with van der Waals surface area (Å²) in [4.78, 5) is 31.8. The molecule has 0 radical (unpaired) electrons. The van der Waals surface area contributed by atoms with Crippen LogP contribution in [0.15, 0.2) is 31.0 Å². The lowest BCUT2D eigenvalue weighted by atomic mass is 10.1. The van der Waals surface area contributed by atoms with Crippen molar-refractivity contribution in [2.75, 3.05) is 11.9 Å². The number of rotatable bonds is 3. The number of carbonyl (C=O) groups is 2. The Hall–Kier alpha value is -2.97. The minimum atomic E-state index is -0.500. The van der Waals surface area contributed by atoms with Gasteiger partial charge in [0.05, 0.1) is 11.9 Å². The molecule has 3 N–H and O–H groups in total. The molecule has 120 valence electrons. The molecule has 0 aliphatic carbocycles. The van der Waals surface area contributed by atoms with Crippen molar-refractivity contribution < 1.29 is 9.59 Å². The van der Waals surface area contributed by atoms with E-state index >= 15 is 0 Å². The number of carbonyl (C=O) groups excluding carboxylic acids is 2. The Bertz CT molecular complexity index is 669. The number of hydrogen-bond acceptors (Lipinski definition) is 5. The minimum Gasteiger partial charge on any atom is -0.354 e. The Morgan fingerprint density at radius 2 is 2.26 bits per heavy atom. The third-order valence-corrected chi connectivity index (χ3v) is 3.50. The fourth-order valence-electron chi connectivity index (χ4n) is 2.32. The fourth-order valence-corrected chi connectivity index (χ4v) is 2.32. The van der Waals surface area contributed by atoms with Gasteiger partial charge in [-0.3, -0.25) is 4.79 Å². The summed E-state index contributed by atoms with van der Waals surface area (Å²) >= 11 is 0. The lowest BCUT2D eigenvalue weighted by Crippen LogP contribution is -2.47. The first kappa shape index (κ1) is 14.9. The molecule has 23 heavy (non-hydrogen) atoms.